The summed E-state index contributed by atoms with van der Waals surface area (Å²) in [6, 6.07) is 0. The van der Waals surface area contributed by atoms with Gasteiger partial charge in [0.1, 0.15) is 6.61 Å². The average molecular weight is 561 g/mol. The minimum Gasteiger partial charge on any atom is -0.467 e. The molecule has 11 nitrogen and oxygen atoms in total. The van der Waals surface area contributed by atoms with Crippen molar-refractivity contribution in [3.05, 3.63) is 0 Å². The number of alkyl halides is 1. The maximum atomic E-state index is 10.8. The molecule has 0 N–H and O–H groups in total. The van der Waals surface area contributed by atoms with Gasteiger partial charge >= 0.3 is 5.97 Å². The summed E-state index contributed by atoms with van der Waals surface area (Å²) in [4.78, 5) is 10.8. The Bertz CT molecular complexity index is 447. The highest BCUT2D eigenvalue weighted by Gasteiger charge is 1.99. The molecule has 0 rings (SSSR count). The van der Waals surface area contributed by atoms with Crippen LogP contribution in [0.4, 0.5) is 0 Å². The molecule has 0 radical (unpaired) electrons. The smallest absolute Gasteiger partial charge is 0.331 e. The molecule has 12 heteroatoms. The molecule has 0 aliphatic heterocycles. The number of carbonyl (C=O) groups excluding carboxylic acids is 1. The molecule has 0 aliphatic rings. The van der Waals surface area contributed by atoms with E-state index in [9.17, 15) is 4.79 Å². The minimum absolute atomic E-state index is 0.0653. The molecule has 0 amide bonds. The first-order chi connectivity index (χ1) is 18.3. The largest absolute Gasteiger partial charge is 0.467 e. The van der Waals surface area contributed by atoms with Crippen LogP contribution in [0.5, 0.6) is 0 Å². The van der Waals surface area contributed by atoms with Crippen LogP contribution in [-0.2, 0) is 52.2 Å². The number of esters is 1. The summed E-state index contributed by atoms with van der Waals surface area (Å²) in [5, 5.41) is 0. The highest BCUT2D eigenvalue weighted by Crippen LogP contribution is 2.01. The van der Waals surface area contributed by atoms with Crippen LogP contribution in [0.3, 0.4) is 0 Å². The van der Waals surface area contributed by atoms with E-state index in [2.05, 4.69) is 4.74 Å². The number of methoxy groups -OCH3 is 1. The molecule has 0 bridgehead atoms. The molecule has 0 unspecified atom stereocenters. The van der Waals surface area contributed by atoms with Crippen LogP contribution >= 0.6 is 11.6 Å². The van der Waals surface area contributed by atoms with E-state index in [1.807, 2.05) is 0 Å². The SMILES string of the molecule is COC(=O)COCCOCCOCCOCCOCCOCCOCCOCCOCCCCCCCl. The third-order valence-corrected chi connectivity index (χ3v) is 4.86. The van der Waals surface area contributed by atoms with Gasteiger partial charge in [-0.1, -0.05) is 12.8 Å². The Morgan fingerprint density at radius 2 is 0.730 bits per heavy atom. The summed E-state index contributed by atoms with van der Waals surface area (Å²) in [6.07, 6.45) is 4.49. The molecule has 0 aromatic heterocycles. The Balaban J connectivity index is 3.03. The van der Waals surface area contributed by atoms with Crippen LogP contribution in [-0.4, -0.2) is 138 Å². The second-order valence-corrected chi connectivity index (χ2v) is 8.01. The Hall–Kier alpha value is -0.600. The number of ether oxygens (including phenoxy) is 10. The van der Waals surface area contributed by atoms with Crippen LogP contribution < -0.4 is 0 Å². The van der Waals surface area contributed by atoms with Crippen molar-refractivity contribution in [3.8, 4) is 0 Å². The molecule has 0 heterocycles. The van der Waals surface area contributed by atoms with Gasteiger partial charge in [0.2, 0.25) is 0 Å². The Kier molecular flexibility index (Phi) is 32.9. The summed E-state index contributed by atoms with van der Waals surface area (Å²) >= 11 is 5.64. The lowest BCUT2D eigenvalue weighted by Crippen LogP contribution is -2.16. The first-order valence-corrected chi connectivity index (χ1v) is 13.7. The van der Waals surface area contributed by atoms with Gasteiger partial charge in [-0.25, -0.2) is 4.79 Å². The molecule has 0 spiro atoms. The standard InChI is InChI=1S/C25H49ClO11/c1-28-25(27)24-37-23-22-36-21-20-35-19-18-34-17-16-33-15-14-32-13-12-31-11-10-30-9-8-29-7-5-3-2-4-6-26/h2-24H2,1H3. The lowest BCUT2D eigenvalue weighted by Gasteiger charge is -2.09. The zero-order valence-electron chi connectivity index (χ0n) is 22.6. The van der Waals surface area contributed by atoms with E-state index in [0.29, 0.717) is 106 Å². The second-order valence-electron chi connectivity index (χ2n) is 7.63. The van der Waals surface area contributed by atoms with E-state index in [1.165, 1.54) is 20.0 Å². The van der Waals surface area contributed by atoms with Crippen molar-refractivity contribution < 1.29 is 52.2 Å². The molecular weight excluding hydrogens is 512 g/mol. The second kappa shape index (κ2) is 33.4. The molecule has 37 heavy (non-hydrogen) atoms. The topological polar surface area (TPSA) is 109 Å². The lowest BCUT2D eigenvalue weighted by molar-refractivity contribution is -0.146. The van der Waals surface area contributed by atoms with Crippen LogP contribution in [0.15, 0.2) is 0 Å². The van der Waals surface area contributed by atoms with E-state index in [0.717, 1.165) is 25.3 Å². The van der Waals surface area contributed by atoms with Crippen LogP contribution in [0.1, 0.15) is 25.7 Å². The van der Waals surface area contributed by atoms with Gasteiger partial charge in [0.25, 0.3) is 0 Å². The summed E-state index contributed by atoms with van der Waals surface area (Å²) in [5.41, 5.74) is 0. The van der Waals surface area contributed by atoms with Crippen molar-refractivity contribution in [2.75, 3.05) is 132 Å². The van der Waals surface area contributed by atoms with E-state index >= 15 is 0 Å². The maximum absolute atomic E-state index is 10.8. The Morgan fingerprint density at radius 3 is 1.05 bits per heavy atom. The zero-order chi connectivity index (χ0) is 26.9. The van der Waals surface area contributed by atoms with Crippen molar-refractivity contribution in [2.45, 2.75) is 25.7 Å². The maximum Gasteiger partial charge on any atom is 0.331 e. The van der Waals surface area contributed by atoms with Crippen LogP contribution in [0, 0.1) is 0 Å². The number of halogens is 1. The van der Waals surface area contributed by atoms with Crippen molar-refractivity contribution >= 4 is 17.6 Å². The monoisotopic (exact) mass is 560 g/mol. The quantitative estimate of drug-likeness (QED) is 0.0685. The van der Waals surface area contributed by atoms with Crippen molar-refractivity contribution in [1.82, 2.24) is 0 Å². The van der Waals surface area contributed by atoms with Crippen molar-refractivity contribution in [3.63, 3.8) is 0 Å². The fourth-order valence-electron chi connectivity index (χ4n) is 2.63. The summed E-state index contributed by atoms with van der Waals surface area (Å²) in [5.74, 6) is 0.338. The zero-order valence-corrected chi connectivity index (χ0v) is 23.4. The van der Waals surface area contributed by atoms with Gasteiger partial charge in [0, 0.05) is 12.5 Å². The third-order valence-electron chi connectivity index (χ3n) is 4.60. The summed E-state index contributed by atoms with van der Waals surface area (Å²) in [7, 11) is 1.32. The fraction of sp³-hybridized carbons (Fsp3) is 0.960. The van der Waals surface area contributed by atoms with Gasteiger partial charge in [-0.3, -0.25) is 0 Å². The van der Waals surface area contributed by atoms with Gasteiger partial charge in [-0.15, -0.1) is 11.6 Å². The molecule has 222 valence electrons. The molecule has 0 saturated carbocycles. The number of rotatable bonds is 32. The molecule has 0 atom stereocenters. The number of hydrogen-bond acceptors (Lipinski definition) is 11. The predicted octanol–water partition coefficient (Wildman–Crippen LogP) is 2.11. The number of carbonyl (C=O) groups is 1. The van der Waals surface area contributed by atoms with Gasteiger partial charge in [0.15, 0.2) is 0 Å². The summed E-state index contributed by atoms with van der Waals surface area (Å²) < 4.78 is 52.9. The minimum atomic E-state index is -0.404. The van der Waals surface area contributed by atoms with Crippen molar-refractivity contribution in [2.24, 2.45) is 0 Å². The molecule has 0 aliphatic carbocycles. The summed E-state index contributed by atoms with van der Waals surface area (Å²) in [6.45, 7) is 8.72. The van der Waals surface area contributed by atoms with Gasteiger partial charge < -0.3 is 47.4 Å². The van der Waals surface area contributed by atoms with Gasteiger partial charge in [-0.05, 0) is 12.8 Å². The fourth-order valence-corrected chi connectivity index (χ4v) is 2.81. The number of hydrogen-bond donors (Lipinski definition) is 0. The first kappa shape index (κ1) is 36.4. The molecule has 0 aromatic carbocycles. The third kappa shape index (κ3) is 33.4. The first-order valence-electron chi connectivity index (χ1n) is 13.1. The Morgan fingerprint density at radius 1 is 0.432 bits per heavy atom. The van der Waals surface area contributed by atoms with E-state index in [1.54, 1.807) is 0 Å². The molecule has 0 aromatic rings. The lowest BCUT2D eigenvalue weighted by atomic mass is 10.2. The van der Waals surface area contributed by atoms with E-state index in [4.69, 9.17) is 54.2 Å². The van der Waals surface area contributed by atoms with Gasteiger partial charge in [0.05, 0.1) is 113 Å². The molecular formula is C25H49ClO11. The molecule has 0 saturated heterocycles. The Labute approximate surface area is 227 Å². The van der Waals surface area contributed by atoms with Crippen LogP contribution in [0.25, 0.3) is 0 Å². The predicted molar refractivity (Wildman–Crippen MR) is 139 cm³/mol. The average Bonchev–Trinajstić information content (AvgIpc) is 2.91. The van der Waals surface area contributed by atoms with Crippen LogP contribution in [0.2, 0.25) is 0 Å². The highest BCUT2D eigenvalue weighted by atomic mass is 35.5. The highest BCUT2D eigenvalue weighted by molar-refractivity contribution is 6.17. The molecule has 0 fully saturated rings. The van der Waals surface area contributed by atoms with Crippen molar-refractivity contribution in [1.29, 1.82) is 0 Å². The van der Waals surface area contributed by atoms with E-state index < -0.39 is 5.97 Å². The normalized spacial score (nSPS) is 11.3. The van der Waals surface area contributed by atoms with E-state index in [-0.39, 0.29) is 6.61 Å². The van der Waals surface area contributed by atoms with Gasteiger partial charge in [-0.2, -0.15) is 0 Å². The number of unbranched alkanes of at least 4 members (excludes halogenated alkanes) is 3.